The SMILES string of the molecule is O=C(Nc1nnc(S(=O)(=O)Nc2cccnc2)s1)c1ccc(Cl)cc1. The highest BCUT2D eigenvalue weighted by Crippen LogP contribution is 2.23. The number of pyridine rings is 1. The largest absolute Gasteiger partial charge is 0.296 e. The third-order valence-corrected chi connectivity index (χ3v) is 5.72. The average molecular weight is 396 g/mol. The Morgan fingerprint density at radius 2 is 1.88 bits per heavy atom. The van der Waals surface area contributed by atoms with Crippen LogP contribution in [0, 0.1) is 0 Å². The molecule has 0 aliphatic carbocycles. The topological polar surface area (TPSA) is 114 Å². The van der Waals surface area contributed by atoms with Crippen LogP contribution in [0.25, 0.3) is 0 Å². The molecule has 0 aliphatic heterocycles. The minimum atomic E-state index is -3.91. The molecule has 25 heavy (non-hydrogen) atoms. The number of benzene rings is 1. The molecule has 0 aliphatic rings. The van der Waals surface area contributed by atoms with Crippen LogP contribution in [0.4, 0.5) is 10.8 Å². The first kappa shape index (κ1) is 17.3. The Labute approximate surface area is 152 Å². The summed E-state index contributed by atoms with van der Waals surface area (Å²) in [4.78, 5) is 15.9. The maximum atomic E-state index is 12.2. The summed E-state index contributed by atoms with van der Waals surface area (Å²) in [6.45, 7) is 0. The van der Waals surface area contributed by atoms with Crippen LogP contribution >= 0.6 is 22.9 Å². The van der Waals surface area contributed by atoms with Crippen LogP contribution in [0.15, 0.2) is 53.1 Å². The summed E-state index contributed by atoms with van der Waals surface area (Å²) in [6.07, 6.45) is 2.88. The number of hydrogen-bond donors (Lipinski definition) is 2. The monoisotopic (exact) mass is 395 g/mol. The summed E-state index contributed by atoms with van der Waals surface area (Å²) in [5.41, 5.74) is 0.655. The first-order valence-electron chi connectivity index (χ1n) is 6.77. The van der Waals surface area contributed by atoms with Crippen molar-refractivity contribution in [1.29, 1.82) is 0 Å². The van der Waals surface area contributed by atoms with Crippen LogP contribution in [0.3, 0.4) is 0 Å². The van der Waals surface area contributed by atoms with Gasteiger partial charge in [-0.2, -0.15) is 8.42 Å². The van der Waals surface area contributed by atoms with E-state index in [0.29, 0.717) is 16.3 Å². The molecular formula is C14H10ClN5O3S2. The van der Waals surface area contributed by atoms with Gasteiger partial charge in [-0.1, -0.05) is 22.9 Å². The Morgan fingerprint density at radius 1 is 1.12 bits per heavy atom. The van der Waals surface area contributed by atoms with Crippen LogP contribution in [0.2, 0.25) is 5.02 Å². The standard InChI is InChI=1S/C14H10ClN5O3S2/c15-10-5-3-9(4-6-10)12(21)17-13-18-19-14(24-13)25(22,23)20-11-2-1-7-16-8-11/h1-8,20H,(H,17,18,21). The van der Waals surface area contributed by atoms with Gasteiger partial charge in [-0.3, -0.25) is 19.8 Å². The quantitative estimate of drug-likeness (QED) is 0.642. The minimum absolute atomic E-state index is 0.0616. The van der Waals surface area contributed by atoms with Crippen molar-refractivity contribution >= 4 is 49.7 Å². The number of nitrogens with one attached hydrogen (secondary N) is 2. The molecule has 3 rings (SSSR count). The molecule has 8 nitrogen and oxygen atoms in total. The zero-order chi connectivity index (χ0) is 17.9. The Balaban J connectivity index is 1.73. The molecule has 1 aromatic carbocycles. The lowest BCUT2D eigenvalue weighted by atomic mass is 10.2. The van der Waals surface area contributed by atoms with Gasteiger partial charge in [0.2, 0.25) is 5.13 Å². The molecule has 0 bridgehead atoms. The number of anilines is 2. The van der Waals surface area contributed by atoms with Crippen LogP contribution in [0.1, 0.15) is 10.4 Å². The molecule has 0 saturated carbocycles. The fourth-order valence-electron chi connectivity index (χ4n) is 1.76. The Bertz CT molecular complexity index is 991. The first-order valence-corrected chi connectivity index (χ1v) is 9.45. The second-order valence-corrected chi connectivity index (χ2v) is 7.95. The normalized spacial score (nSPS) is 11.1. The molecule has 11 heteroatoms. The number of amides is 1. The Morgan fingerprint density at radius 3 is 2.56 bits per heavy atom. The van der Waals surface area contributed by atoms with E-state index in [-0.39, 0.29) is 9.47 Å². The van der Waals surface area contributed by atoms with E-state index in [4.69, 9.17) is 11.6 Å². The molecule has 0 radical (unpaired) electrons. The smallest absolute Gasteiger partial charge is 0.291 e. The molecule has 0 atom stereocenters. The molecule has 2 aromatic heterocycles. The predicted molar refractivity (Wildman–Crippen MR) is 94.4 cm³/mol. The van der Waals surface area contributed by atoms with E-state index in [1.165, 1.54) is 12.4 Å². The summed E-state index contributed by atoms with van der Waals surface area (Å²) in [6, 6.07) is 9.37. The van der Waals surface area contributed by atoms with Crippen LogP contribution < -0.4 is 10.0 Å². The van der Waals surface area contributed by atoms with E-state index < -0.39 is 15.9 Å². The Hall–Kier alpha value is -2.56. The molecule has 3 aromatic rings. The third-order valence-electron chi connectivity index (χ3n) is 2.88. The number of nitrogens with zero attached hydrogens (tertiary/aromatic N) is 3. The molecule has 128 valence electrons. The van der Waals surface area contributed by atoms with Crippen LogP contribution in [-0.2, 0) is 10.0 Å². The van der Waals surface area contributed by atoms with Crippen molar-refractivity contribution < 1.29 is 13.2 Å². The van der Waals surface area contributed by atoms with E-state index >= 15 is 0 Å². The highest BCUT2D eigenvalue weighted by atomic mass is 35.5. The van der Waals surface area contributed by atoms with Crippen molar-refractivity contribution in [2.75, 3.05) is 10.0 Å². The summed E-state index contributed by atoms with van der Waals surface area (Å²) >= 11 is 6.50. The zero-order valence-electron chi connectivity index (χ0n) is 12.4. The molecule has 0 unspecified atom stereocenters. The van der Waals surface area contributed by atoms with Gasteiger partial charge in [0.25, 0.3) is 20.3 Å². The maximum Gasteiger partial charge on any atom is 0.291 e. The number of rotatable bonds is 5. The van der Waals surface area contributed by atoms with Crippen molar-refractivity contribution in [3.8, 4) is 0 Å². The maximum absolute atomic E-state index is 12.2. The zero-order valence-corrected chi connectivity index (χ0v) is 14.8. The summed E-state index contributed by atoms with van der Waals surface area (Å²) in [7, 11) is -3.91. The number of carbonyl (C=O) groups excluding carboxylic acids is 1. The van der Waals surface area contributed by atoms with Crippen molar-refractivity contribution in [2.45, 2.75) is 4.34 Å². The molecule has 0 spiro atoms. The van der Waals surface area contributed by atoms with Gasteiger partial charge in [-0.25, -0.2) is 0 Å². The highest BCUT2D eigenvalue weighted by molar-refractivity contribution is 7.94. The van der Waals surface area contributed by atoms with E-state index in [1.54, 1.807) is 36.4 Å². The average Bonchev–Trinajstić information content (AvgIpc) is 3.05. The molecular weight excluding hydrogens is 386 g/mol. The number of sulfonamides is 1. The number of hydrogen-bond acceptors (Lipinski definition) is 7. The number of halogens is 1. The van der Waals surface area contributed by atoms with Crippen LogP contribution in [0.5, 0.6) is 0 Å². The Kier molecular flexibility index (Phi) is 4.93. The number of aromatic nitrogens is 3. The summed E-state index contributed by atoms with van der Waals surface area (Å²) < 4.78 is 26.6. The van der Waals surface area contributed by atoms with Gasteiger partial charge < -0.3 is 0 Å². The van der Waals surface area contributed by atoms with Gasteiger partial charge in [0.1, 0.15) is 0 Å². The molecule has 2 N–H and O–H groups in total. The number of carbonyl (C=O) groups is 1. The van der Waals surface area contributed by atoms with E-state index in [9.17, 15) is 13.2 Å². The molecule has 0 fully saturated rings. The van der Waals surface area contributed by atoms with Gasteiger partial charge >= 0.3 is 0 Å². The predicted octanol–water partition coefficient (Wildman–Crippen LogP) is 2.64. The fourth-order valence-corrected chi connectivity index (χ4v) is 3.83. The van der Waals surface area contributed by atoms with Crippen molar-refractivity contribution in [1.82, 2.24) is 15.2 Å². The molecule has 1 amide bonds. The van der Waals surface area contributed by atoms with Gasteiger partial charge in [0, 0.05) is 16.8 Å². The van der Waals surface area contributed by atoms with Gasteiger partial charge in [0.15, 0.2) is 0 Å². The van der Waals surface area contributed by atoms with Crippen molar-refractivity contribution in [3.05, 3.63) is 59.4 Å². The minimum Gasteiger partial charge on any atom is -0.296 e. The van der Waals surface area contributed by atoms with Crippen LogP contribution in [-0.4, -0.2) is 29.5 Å². The fraction of sp³-hybridized carbons (Fsp3) is 0. The lowest BCUT2D eigenvalue weighted by Crippen LogP contribution is -2.12. The lowest BCUT2D eigenvalue weighted by molar-refractivity contribution is 0.102. The van der Waals surface area contributed by atoms with Crippen molar-refractivity contribution in [2.24, 2.45) is 0 Å². The molecule has 2 heterocycles. The third kappa shape index (κ3) is 4.29. The van der Waals surface area contributed by atoms with Gasteiger partial charge in [-0.05, 0) is 36.4 Å². The van der Waals surface area contributed by atoms with E-state index in [0.717, 1.165) is 11.3 Å². The highest BCUT2D eigenvalue weighted by Gasteiger charge is 2.21. The molecule has 0 saturated heterocycles. The van der Waals surface area contributed by atoms with E-state index in [1.807, 2.05) is 0 Å². The second-order valence-electron chi connectivity index (χ2n) is 4.68. The first-order chi connectivity index (χ1) is 11.9. The lowest BCUT2D eigenvalue weighted by Gasteiger charge is -2.03. The van der Waals surface area contributed by atoms with Gasteiger partial charge in [-0.15, -0.1) is 10.2 Å². The summed E-state index contributed by atoms with van der Waals surface area (Å²) in [5.74, 6) is -0.447. The van der Waals surface area contributed by atoms with Crippen molar-refractivity contribution in [3.63, 3.8) is 0 Å². The van der Waals surface area contributed by atoms with Gasteiger partial charge in [0.05, 0.1) is 11.9 Å². The summed E-state index contributed by atoms with van der Waals surface area (Å²) in [5, 5.41) is 10.3. The second kappa shape index (κ2) is 7.13. The van der Waals surface area contributed by atoms with E-state index in [2.05, 4.69) is 25.2 Å².